The van der Waals surface area contributed by atoms with E-state index in [0.717, 1.165) is 45.0 Å². The van der Waals surface area contributed by atoms with E-state index in [2.05, 4.69) is 4.90 Å². The van der Waals surface area contributed by atoms with Gasteiger partial charge in [-0.05, 0) is 13.0 Å². The van der Waals surface area contributed by atoms with Crippen molar-refractivity contribution < 1.29 is 4.74 Å². The molecule has 1 aliphatic heterocycles. The van der Waals surface area contributed by atoms with Crippen LogP contribution in [0.1, 0.15) is 6.42 Å². The van der Waals surface area contributed by atoms with Gasteiger partial charge in [0, 0.05) is 18.8 Å². The summed E-state index contributed by atoms with van der Waals surface area (Å²) in [6, 6.07) is 0. The quantitative estimate of drug-likeness (QED) is 0.557. The summed E-state index contributed by atoms with van der Waals surface area (Å²) in [5.41, 5.74) is 5.37. The molecule has 0 aromatic rings. The van der Waals surface area contributed by atoms with Gasteiger partial charge in [-0.15, -0.1) is 0 Å². The molecule has 3 nitrogen and oxygen atoms in total. The Kier molecular flexibility index (Phi) is 5.70. The van der Waals surface area contributed by atoms with Crippen molar-refractivity contribution in [2.45, 2.75) is 6.42 Å². The number of nitrogens with zero attached hydrogens (tertiary/aromatic N) is 1. The molecule has 76 valence electrons. The highest BCUT2D eigenvalue weighted by Gasteiger charge is 2.08. The van der Waals surface area contributed by atoms with Crippen molar-refractivity contribution >= 4 is 28.3 Å². The molecule has 0 spiro atoms. The lowest BCUT2D eigenvalue weighted by atomic mass is 10.4. The van der Waals surface area contributed by atoms with Gasteiger partial charge in [0.1, 0.15) is 4.32 Å². The SMILES string of the molecule is NC(=S)SCCCN1CCOCC1. The van der Waals surface area contributed by atoms with Gasteiger partial charge in [-0.25, -0.2) is 0 Å². The van der Waals surface area contributed by atoms with Crippen LogP contribution in [0.15, 0.2) is 0 Å². The van der Waals surface area contributed by atoms with E-state index in [1.165, 1.54) is 0 Å². The van der Waals surface area contributed by atoms with Gasteiger partial charge >= 0.3 is 0 Å². The van der Waals surface area contributed by atoms with Crippen molar-refractivity contribution in [2.75, 3.05) is 38.6 Å². The fourth-order valence-corrected chi connectivity index (χ4v) is 2.01. The van der Waals surface area contributed by atoms with Gasteiger partial charge in [0.2, 0.25) is 0 Å². The first kappa shape index (κ1) is 11.2. The van der Waals surface area contributed by atoms with Gasteiger partial charge in [-0.3, -0.25) is 4.90 Å². The smallest absolute Gasteiger partial charge is 0.131 e. The van der Waals surface area contributed by atoms with Gasteiger partial charge < -0.3 is 10.5 Å². The summed E-state index contributed by atoms with van der Waals surface area (Å²) in [6.07, 6.45) is 1.15. The summed E-state index contributed by atoms with van der Waals surface area (Å²) < 4.78 is 5.81. The lowest BCUT2D eigenvalue weighted by Crippen LogP contribution is -2.37. The second-order valence-corrected chi connectivity index (χ2v) is 4.81. The van der Waals surface area contributed by atoms with Crippen LogP contribution in [0.2, 0.25) is 0 Å². The van der Waals surface area contributed by atoms with Gasteiger partial charge in [0.15, 0.2) is 0 Å². The zero-order chi connectivity index (χ0) is 9.52. The molecule has 1 aliphatic rings. The van der Waals surface area contributed by atoms with Crippen LogP contribution < -0.4 is 5.73 Å². The zero-order valence-corrected chi connectivity index (χ0v) is 9.33. The predicted octanol–water partition coefficient (Wildman–Crippen LogP) is 0.685. The first-order valence-corrected chi connectivity index (χ1v) is 5.91. The van der Waals surface area contributed by atoms with Crippen LogP contribution in [0.5, 0.6) is 0 Å². The van der Waals surface area contributed by atoms with Crippen LogP contribution in [0.4, 0.5) is 0 Å². The van der Waals surface area contributed by atoms with Crippen molar-refractivity contribution in [1.29, 1.82) is 0 Å². The van der Waals surface area contributed by atoms with Crippen LogP contribution in [0.25, 0.3) is 0 Å². The standard InChI is InChI=1S/C8H16N2OS2/c9-8(12)13-7-1-2-10-3-5-11-6-4-10/h1-7H2,(H2,9,12). The van der Waals surface area contributed by atoms with Crippen LogP contribution in [0.3, 0.4) is 0 Å². The highest BCUT2D eigenvalue weighted by Crippen LogP contribution is 2.04. The number of ether oxygens (including phenoxy) is 1. The lowest BCUT2D eigenvalue weighted by molar-refractivity contribution is 0.0381. The molecule has 13 heavy (non-hydrogen) atoms. The van der Waals surface area contributed by atoms with Crippen LogP contribution in [0, 0.1) is 0 Å². The molecule has 1 heterocycles. The molecule has 0 amide bonds. The molecule has 0 atom stereocenters. The van der Waals surface area contributed by atoms with E-state index in [1.807, 2.05) is 0 Å². The van der Waals surface area contributed by atoms with E-state index in [0.29, 0.717) is 4.32 Å². The maximum Gasteiger partial charge on any atom is 0.131 e. The molecule has 0 aromatic heterocycles. The maximum absolute atomic E-state index is 5.37. The predicted molar refractivity (Wildman–Crippen MR) is 61.1 cm³/mol. The third-order valence-corrected chi connectivity index (χ3v) is 3.10. The maximum atomic E-state index is 5.37. The minimum Gasteiger partial charge on any atom is -0.385 e. The van der Waals surface area contributed by atoms with E-state index in [4.69, 9.17) is 22.7 Å². The normalized spacial score (nSPS) is 18.8. The molecular formula is C8H16N2OS2. The van der Waals surface area contributed by atoms with Gasteiger partial charge in [0.25, 0.3) is 0 Å². The minimum atomic E-state index is 0.557. The summed E-state index contributed by atoms with van der Waals surface area (Å²) in [5, 5.41) is 0. The summed E-state index contributed by atoms with van der Waals surface area (Å²) in [6.45, 7) is 5.03. The molecule has 0 radical (unpaired) electrons. The highest BCUT2D eigenvalue weighted by atomic mass is 32.2. The number of thioether (sulfide) groups is 1. The molecule has 0 saturated carbocycles. The number of nitrogens with two attached hydrogens (primary N) is 1. The molecule has 5 heteroatoms. The van der Waals surface area contributed by atoms with E-state index in [1.54, 1.807) is 11.8 Å². The first-order chi connectivity index (χ1) is 6.29. The summed E-state index contributed by atoms with van der Waals surface area (Å²) in [5.74, 6) is 1.03. The summed E-state index contributed by atoms with van der Waals surface area (Å²) in [7, 11) is 0. The second-order valence-electron chi connectivity index (χ2n) is 2.98. The van der Waals surface area contributed by atoms with Crippen LogP contribution in [-0.2, 0) is 4.74 Å². The molecule has 1 fully saturated rings. The summed E-state index contributed by atoms with van der Waals surface area (Å²) in [4.78, 5) is 2.42. The third-order valence-electron chi connectivity index (χ3n) is 1.97. The van der Waals surface area contributed by atoms with Crippen molar-refractivity contribution in [3.63, 3.8) is 0 Å². The Hall–Kier alpha value is 0.160. The number of hydrogen-bond acceptors (Lipinski definition) is 4. The number of morpholine rings is 1. The Morgan fingerprint density at radius 2 is 2.15 bits per heavy atom. The molecule has 2 N–H and O–H groups in total. The number of rotatable bonds is 4. The second kappa shape index (κ2) is 6.59. The van der Waals surface area contributed by atoms with E-state index in [-0.39, 0.29) is 0 Å². The molecule has 0 aliphatic carbocycles. The topological polar surface area (TPSA) is 38.5 Å². The molecule has 0 unspecified atom stereocenters. The Balaban J connectivity index is 1.95. The minimum absolute atomic E-state index is 0.557. The van der Waals surface area contributed by atoms with Crippen molar-refractivity contribution in [1.82, 2.24) is 4.90 Å². The first-order valence-electron chi connectivity index (χ1n) is 4.51. The summed E-state index contributed by atoms with van der Waals surface area (Å²) >= 11 is 6.34. The molecule has 1 saturated heterocycles. The van der Waals surface area contributed by atoms with Crippen molar-refractivity contribution in [2.24, 2.45) is 5.73 Å². The van der Waals surface area contributed by atoms with Gasteiger partial charge in [-0.1, -0.05) is 24.0 Å². The Labute approximate surface area is 89.0 Å². The molecule has 0 aromatic carbocycles. The number of hydrogen-bond donors (Lipinski definition) is 1. The van der Waals surface area contributed by atoms with Crippen LogP contribution >= 0.6 is 24.0 Å². The van der Waals surface area contributed by atoms with E-state index >= 15 is 0 Å². The van der Waals surface area contributed by atoms with Crippen LogP contribution in [-0.4, -0.2) is 47.8 Å². The third kappa shape index (κ3) is 5.46. The average molecular weight is 220 g/mol. The van der Waals surface area contributed by atoms with Gasteiger partial charge in [-0.2, -0.15) is 0 Å². The zero-order valence-electron chi connectivity index (χ0n) is 7.70. The van der Waals surface area contributed by atoms with Crippen molar-refractivity contribution in [3.8, 4) is 0 Å². The van der Waals surface area contributed by atoms with E-state index < -0.39 is 0 Å². The monoisotopic (exact) mass is 220 g/mol. The largest absolute Gasteiger partial charge is 0.385 e. The lowest BCUT2D eigenvalue weighted by Gasteiger charge is -2.26. The van der Waals surface area contributed by atoms with E-state index in [9.17, 15) is 0 Å². The number of thiocarbonyl (C=S) groups is 1. The average Bonchev–Trinajstić information content (AvgIpc) is 2.14. The Morgan fingerprint density at radius 1 is 1.46 bits per heavy atom. The highest BCUT2D eigenvalue weighted by molar-refractivity contribution is 8.22. The molecule has 0 bridgehead atoms. The fourth-order valence-electron chi connectivity index (χ4n) is 1.29. The molecule has 1 rings (SSSR count). The molecular weight excluding hydrogens is 204 g/mol. The Morgan fingerprint density at radius 3 is 2.77 bits per heavy atom. The van der Waals surface area contributed by atoms with Gasteiger partial charge in [0.05, 0.1) is 13.2 Å². The fraction of sp³-hybridized carbons (Fsp3) is 0.875. The van der Waals surface area contributed by atoms with Crippen molar-refractivity contribution in [3.05, 3.63) is 0 Å². The Bertz CT molecular complexity index is 160.